The zero-order valence-electron chi connectivity index (χ0n) is 8.90. The number of rotatable bonds is 2. The minimum atomic E-state index is -1.08. The number of hydrogen-bond acceptors (Lipinski definition) is 4. The molecular weight excluding hydrogens is 200 g/mol. The quantitative estimate of drug-likeness (QED) is 0.630. The third kappa shape index (κ3) is 3.09. The van der Waals surface area contributed by atoms with Gasteiger partial charge in [-0.2, -0.15) is 0 Å². The largest absolute Gasteiger partial charge is 0.465 e. The predicted octanol–water partition coefficient (Wildman–Crippen LogP) is -0.110. The van der Waals surface area contributed by atoms with Crippen LogP contribution in [0.15, 0.2) is 0 Å². The van der Waals surface area contributed by atoms with E-state index < -0.39 is 18.1 Å². The topological polar surface area (TPSA) is 78.9 Å². The minimum Gasteiger partial charge on any atom is -0.465 e. The Morgan fingerprint density at radius 2 is 2.20 bits per heavy atom. The maximum atomic E-state index is 11.6. The first kappa shape index (κ1) is 11.8. The summed E-state index contributed by atoms with van der Waals surface area (Å²) in [5.41, 5.74) is 0. The second-order valence-electron chi connectivity index (χ2n) is 3.68. The van der Waals surface area contributed by atoms with Crippen molar-refractivity contribution < 1.29 is 19.4 Å². The first-order chi connectivity index (χ1) is 7.02. The molecule has 0 bridgehead atoms. The molecule has 0 saturated carbocycles. The van der Waals surface area contributed by atoms with Gasteiger partial charge in [0.25, 0.3) is 0 Å². The molecule has 0 radical (unpaired) electrons. The minimum absolute atomic E-state index is 0.227. The van der Waals surface area contributed by atoms with E-state index in [4.69, 9.17) is 9.84 Å². The Kier molecular flexibility index (Phi) is 3.90. The van der Waals surface area contributed by atoms with E-state index in [9.17, 15) is 9.59 Å². The Balaban J connectivity index is 2.63. The van der Waals surface area contributed by atoms with E-state index in [1.165, 1.54) is 0 Å². The molecule has 1 fully saturated rings. The average Bonchev–Trinajstić information content (AvgIpc) is 2.16. The van der Waals surface area contributed by atoms with Crippen LogP contribution in [0.1, 0.15) is 13.8 Å². The van der Waals surface area contributed by atoms with Crippen molar-refractivity contribution in [1.82, 2.24) is 10.2 Å². The van der Waals surface area contributed by atoms with Crippen LogP contribution in [-0.2, 0) is 9.53 Å². The molecule has 1 aliphatic rings. The molecule has 6 heteroatoms. The van der Waals surface area contributed by atoms with Gasteiger partial charge in [0.2, 0.25) is 0 Å². The van der Waals surface area contributed by atoms with Crippen molar-refractivity contribution in [2.45, 2.75) is 26.0 Å². The van der Waals surface area contributed by atoms with Crippen molar-refractivity contribution in [2.24, 2.45) is 0 Å². The van der Waals surface area contributed by atoms with E-state index >= 15 is 0 Å². The van der Waals surface area contributed by atoms with E-state index in [2.05, 4.69) is 5.32 Å². The third-order valence-corrected chi connectivity index (χ3v) is 2.11. The number of piperazine rings is 1. The summed E-state index contributed by atoms with van der Waals surface area (Å²) in [5.74, 6) is -0.486. The molecule has 1 amide bonds. The fourth-order valence-electron chi connectivity index (χ4n) is 1.45. The molecule has 0 aliphatic carbocycles. The van der Waals surface area contributed by atoms with Crippen molar-refractivity contribution >= 4 is 12.1 Å². The van der Waals surface area contributed by atoms with E-state index in [1.54, 1.807) is 13.8 Å². The van der Waals surface area contributed by atoms with Crippen molar-refractivity contribution in [3.8, 4) is 0 Å². The lowest BCUT2D eigenvalue weighted by Crippen LogP contribution is -2.57. The highest BCUT2D eigenvalue weighted by Crippen LogP contribution is 2.07. The Bertz CT molecular complexity index is 254. The third-order valence-electron chi connectivity index (χ3n) is 2.11. The second-order valence-corrected chi connectivity index (χ2v) is 3.68. The van der Waals surface area contributed by atoms with Crippen LogP contribution in [0.4, 0.5) is 4.79 Å². The molecule has 1 heterocycles. The molecule has 6 nitrogen and oxygen atoms in total. The van der Waals surface area contributed by atoms with Crippen LogP contribution in [0.5, 0.6) is 0 Å². The number of amides is 1. The highest BCUT2D eigenvalue weighted by molar-refractivity contribution is 5.81. The van der Waals surface area contributed by atoms with Gasteiger partial charge in [0, 0.05) is 19.6 Å². The first-order valence-electron chi connectivity index (χ1n) is 4.93. The van der Waals surface area contributed by atoms with Gasteiger partial charge in [-0.1, -0.05) is 0 Å². The Morgan fingerprint density at radius 3 is 2.73 bits per heavy atom. The number of carbonyl (C=O) groups is 2. The number of esters is 1. The van der Waals surface area contributed by atoms with Crippen LogP contribution in [0, 0.1) is 0 Å². The molecule has 0 spiro atoms. The lowest BCUT2D eigenvalue weighted by Gasteiger charge is -2.32. The van der Waals surface area contributed by atoms with Crippen molar-refractivity contribution in [2.75, 3.05) is 19.6 Å². The molecule has 1 atom stereocenters. The van der Waals surface area contributed by atoms with Crippen LogP contribution < -0.4 is 5.32 Å². The number of carbonyl (C=O) groups excluding carboxylic acids is 1. The lowest BCUT2D eigenvalue weighted by atomic mass is 10.2. The smallest absolute Gasteiger partial charge is 0.408 e. The number of nitrogens with zero attached hydrogens (tertiary/aromatic N) is 1. The number of hydrogen-bond donors (Lipinski definition) is 2. The Morgan fingerprint density at radius 1 is 1.53 bits per heavy atom. The molecule has 0 aromatic carbocycles. The molecule has 86 valence electrons. The summed E-state index contributed by atoms with van der Waals surface area (Å²) >= 11 is 0. The zero-order chi connectivity index (χ0) is 11.4. The maximum absolute atomic E-state index is 11.6. The summed E-state index contributed by atoms with van der Waals surface area (Å²) in [6.45, 7) is 4.67. The zero-order valence-corrected chi connectivity index (χ0v) is 8.90. The van der Waals surface area contributed by atoms with E-state index in [0.717, 1.165) is 4.90 Å². The fraction of sp³-hybridized carbons (Fsp3) is 0.778. The molecule has 0 aromatic rings. The van der Waals surface area contributed by atoms with Crippen molar-refractivity contribution in [3.05, 3.63) is 0 Å². The fourth-order valence-corrected chi connectivity index (χ4v) is 1.45. The summed E-state index contributed by atoms with van der Waals surface area (Å²) in [4.78, 5) is 23.5. The second kappa shape index (κ2) is 4.97. The molecule has 1 unspecified atom stereocenters. The summed E-state index contributed by atoms with van der Waals surface area (Å²) in [7, 11) is 0. The van der Waals surface area contributed by atoms with Gasteiger partial charge in [0.05, 0.1) is 6.10 Å². The highest BCUT2D eigenvalue weighted by atomic mass is 16.5. The summed E-state index contributed by atoms with van der Waals surface area (Å²) in [5, 5.41) is 11.9. The van der Waals surface area contributed by atoms with Gasteiger partial charge >= 0.3 is 12.1 Å². The van der Waals surface area contributed by atoms with Crippen LogP contribution in [0.25, 0.3) is 0 Å². The van der Waals surface area contributed by atoms with Crippen LogP contribution in [0.3, 0.4) is 0 Å². The van der Waals surface area contributed by atoms with Gasteiger partial charge in [-0.15, -0.1) is 0 Å². The molecule has 2 N–H and O–H groups in total. The monoisotopic (exact) mass is 216 g/mol. The van der Waals surface area contributed by atoms with Gasteiger partial charge in [0.15, 0.2) is 0 Å². The molecule has 1 aliphatic heterocycles. The SMILES string of the molecule is CC(C)OC(=O)C1CNCCN1C(=O)O. The predicted molar refractivity (Wildman–Crippen MR) is 52.6 cm³/mol. The molecule has 1 rings (SSSR count). The van der Waals surface area contributed by atoms with Gasteiger partial charge in [-0.3, -0.25) is 4.90 Å². The normalized spacial score (nSPS) is 21.5. The number of ether oxygens (including phenoxy) is 1. The van der Waals surface area contributed by atoms with Gasteiger partial charge < -0.3 is 15.2 Å². The Labute approximate surface area is 88.2 Å². The van der Waals surface area contributed by atoms with Crippen LogP contribution >= 0.6 is 0 Å². The standard InChI is InChI=1S/C9H16N2O4/c1-6(2)15-8(12)7-5-10-3-4-11(7)9(13)14/h6-7,10H,3-5H2,1-2H3,(H,13,14). The van der Waals surface area contributed by atoms with Crippen molar-refractivity contribution in [1.29, 1.82) is 0 Å². The van der Waals surface area contributed by atoms with E-state index in [-0.39, 0.29) is 6.10 Å². The molecular formula is C9H16N2O4. The van der Waals surface area contributed by atoms with Crippen LogP contribution in [-0.4, -0.2) is 53.8 Å². The van der Waals surface area contributed by atoms with E-state index in [0.29, 0.717) is 19.6 Å². The lowest BCUT2D eigenvalue weighted by molar-refractivity contribution is -0.153. The molecule has 0 aromatic heterocycles. The van der Waals surface area contributed by atoms with E-state index in [1.807, 2.05) is 0 Å². The first-order valence-corrected chi connectivity index (χ1v) is 4.93. The Hall–Kier alpha value is -1.30. The van der Waals surface area contributed by atoms with Crippen LogP contribution in [0.2, 0.25) is 0 Å². The summed E-state index contributed by atoms with van der Waals surface area (Å²) in [6, 6.07) is -0.723. The van der Waals surface area contributed by atoms with Gasteiger partial charge in [0.1, 0.15) is 6.04 Å². The van der Waals surface area contributed by atoms with Gasteiger partial charge in [-0.25, -0.2) is 9.59 Å². The summed E-state index contributed by atoms with van der Waals surface area (Å²) < 4.78 is 4.99. The average molecular weight is 216 g/mol. The van der Waals surface area contributed by atoms with Gasteiger partial charge in [-0.05, 0) is 13.8 Å². The number of carboxylic acid groups (broad SMARTS) is 1. The van der Waals surface area contributed by atoms with Crippen molar-refractivity contribution in [3.63, 3.8) is 0 Å². The highest BCUT2D eigenvalue weighted by Gasteiger charge is 2.33. The maximum Gasteiger partial charge on any atom is 0.408 e. The molecule has 15 heavy (non-hydrogen) atoms. The molecule has 1 saturated heterocycles. The summed E-state index contributed by atoms with van der Waals surface area (Å²) in [6.07, 6.45) is -1.31. The number of nitrogens with one attached hydrogen (secondary N) is 1.